The molecule has 12 nitrogen and oxygen atoms in total. The van der Waals surface area contributed by atoms with E-state index in [9.17, 15) is 23.5 Å². The van der Waals surface area contributed by atoms with E-state index in [2.05, 4.69) is 36.0 Å². The minimum absolute atomic E-state index is 0.0465. The summed E-state index contributed by atoms with van der Waals surface area (Å²) in [6, 6.07) is 9.20. The highest BCUT2D eigenvalue weighted by molar-refractivity contribution is 5.94. The van der Waals surface area contributed by atoms with Crippen molar-refractivity contribution in [2.45, 2.75) is 76.4 Å². The molecule has 4 N–H and O–H groups in total. The Kier molecular flexibility index (Phi) is 9.02. The number of pyridine rings is 2. The van der Waals surface area contributed by atoms with Gasteiger partial charge in [0.15, 0.2) is 11.6 Å². The lowest BCUT2D eigenvalue weighted by atomic mass is 9.79. The van der Waals surface area contributed by atoms with Gasteiger partial charge >= 0.3 is 0 Å². The number of rotatable bonds is 11. The van der Waals surface area contributed by atoms with Crippen LogP contribution in [0.2, 0.25) is 0 Å². The van der Waals surface area contributed by atoms with Crippen molar-refractivity contribution in [1.82, 2.24) is 35.2 Å². The monoisotopic (exact) mass is 634 g/mol. The van der Waals surface area contributed by atoms with E-state index >= 15 is 0 Å². The van der Waals surface area contributed by atoms with Gasteiger partial charge in [-0.2, -0.15) is 5.10 Å². The van der Waals surface area contributed by atoms with Gasteiger partial charge in [0, 0.05) is 85.1 Å². The van der Waals surface area contributed by atoms with Crippen molar-refractivity contribution in [1.29, 1.82) is 0 Å². The van der Waals surface area contributed by atoms with Gasteiger partial charge in [0.1, 0.15) is 6.61 Å². The Balaban J connectivity index is 0.957. The number of anilines is 1. The second kappa shape index (κ2) is 13.1. The molecule has 6 rings (SSSR count). The number of aryl methyl sites for hydroxylation is 1. The normalized spacial score (nSPS) is 22.7. The SMILES string of the molecule is Cc1cc(C(=O)NC[C@H](C)NC2CC(C(=O)Nc3cc4cc(-c5cnc(CO[C@H]6CC(F)(F)C[C@@H]6O)nc5)ccn4n3)C2)ccn1. The number of alkyl halides is 2. The Morgan fingerprint density at radius 2 is 1.89 bits per heavy atom. The number of ether oxygens (including phenoxy) is 1. The molecule has 0 spiro atoms. The first-order valence-electron chi connectivity index (χ1n) is 15.3. The molecule has 0 unspecified atom stereocenters. The van der Waals surface area contributed by atoms with E-state index in [4.69, 9.17) is 4.74 Å². The third-order valence-electron chi connectivity index (χ3n) is 8.37. The van der Waals surface area contributed by atoms with Gasteiger partial charge in [0.25, 0.3) is 11.8 Å². The minimum Gasteiger partial charge on any atom is -0.390 e. The highest BCUT2D eigenvalue weighted by Crippen LogP contribution is 2.37. The van der Waals surface area contributed by atoms with Crippen molar-refractivity contribution in [3.63, 3.8) is 0 Å². The van der Waals surface area contributed by atoms with Crippen LogP contribution in [0, 0.1) is 12.8 Å². The summed E-state index contributed by atoms with van der Waals surface area (Å²) in [6.45, 7) is 4.23. The van der Waals surface area contributed by atoms with Gasteiger partial charge in [-0.15, -0.1) is 0 Å². The van der Waals surface area contributed by atoms with E-state index in [0.717, 1.165) is 22.3 Å². The number of aliphatic hydroxyl groups excluding tert-OH is 1. The van der Waals surface area contributed by atoms with Crippen LogP contribution in [0.1, 0.15) is 54.5 Å². The number of hydrogen-bond acceptors (Lipinski definition) is 9. The molecule has 0 saturated heterocycles. The maximum Gasteiger partial charge on any atom is 0.253 e. The predicted octanol–water partition coefficient (Wildman–Crippen LogP) is 3.30. The Morgan fingerprint density at radius 1 is 1.11 bits per heavy atom. The maximum atomic E-state index is 13.5. The predicted molar refractivity (Wildman–Crippen MR) is 164 cm³/mol. The molecule has 0 radical (unpaired) electrons. The van der Waals surface area contributed by atoms with Crippen molar-refractivity contribution in [2.75, 3.05) is 11.9 Å². The fourth-order valence-corrected chi connectivity index (χ4v) is 5.81. The van der Waals surface area contributed by atoms with Crippen LogP contribution < -0.4 is 16.0 Å². The lowest BCUT2D eigenvalue weighted by Gasteiger charge is -2.36. The highest BCUT2D eigenvalue weighted by atomic mass is 19.3. The first-order chi connectivity index (χ1) is 22.0. The zero-order valence-electron chi connectivity index (χ0n) is 25.5. The Morgan fingerprint density at radius 3 is 2.61 bits per heavy atom. The standard InChI is InChI=1S/C32H36F2N8O4/c1-18-7-21(3-5-35-18)30(44)38-14-19(2)39-24-8-22(9-24)31(45)40-28-11-25-10-20(4-6-42(25)41-28)23-15-36-29(37-16-23)17-46-27-13-32(33,34)12-26(27)43/h3-7,10-11,15-16,19,22,24,26-27,39,43H,8-9,12-14,17H2,1-2H3,(H,38,44)(H,40,41,45)/t19-,22?,24?,26-,27-/m0/s1. The van der Waals surface area contributed by atoms with E-state index in [1.165, 1.54) is 0 Å². The van der Waals surface area contributed by atoms with Gasteiger partial charge in [-0.3, -0.25) is 14.6 Å². The van der Waals surface area contributed by atoms with Crippen molar-refractivity contribution in [3.8, 4) is 11.1 Å². The first-order valence-corrected chi connectivity index (χ1v) is 15.3. The number of fused-ring (bicyclic) bond motifs is 1. The average Bonchev–Trinajstić information content (AvgIpc) is 3.53. The molecule has 3 atom stereocenters. The smallest absolute Gasteiger partial charge is 0.253 e. The molecule has 0 aliphatic heterocycles. The van der Waals surface area contributed by atoms with Gasteiger partial charge < -0.3 is 25.8 Å². The summed E-state index contributed by atoms with van der Waals surface area (Å²) in [4.78, 5) is 37.9. The molecule has 4 heterocycles. The maximum absolute atomic E-state index is 13.5. The molecule has 2 aliphatic carbocycles. The van der Waals surface area contributed by atoms with Gasteiger partial charge in [-0.1, -0.05) is 0 Å². The molecule has 2 aliphatic rings. The second-order valence-electron chi connectivity index (χ2n) is 12.2. The largest absolute Gasteiger partial charge is 0.390 e. The Labute approximate surface area is 264 Å². The summed E-state index contributed by atoms with van der Waals surface area (Å²) in [6.07, 6.45) is 4.74. The fourth-order valence-electron chi connectivity index (χ4n) is 5.81. The van der Waals surface area contributed by atoms with Gasteiger partial charge in [-0.05, 0) is 56.5 Å². The number of nitrogens with one attached hydrogen (secondary N) is 3. The lowest BCUT2D eigenvalue weighted by molar-refractivity contribution is -0.123. The summed E-state index contributed by atoms with van der Waals surface area (Å²) in [5.74, 6) is -2.51. The topological polar surface area (TPSA) is 156 Å². The molecule has 2 saturated carbocycles. The number of hydrogen-bond donors (Lipinski definition) is 4. The van der Waals surface area contributed by atoms with Crippen LogP contribution in [0.5, 0.6) is 0 Å². The zero-order valence-corrected chi connectivity index (χ0v) is 25.5. The van der Waals surface area contributed by atoms with Crippen molar-refractivity contribution >= 4 is 23.1 Å². The number of aromatic nitrogens is 5. The van der Waals surface area contributed by atoms with Crippen LogP contribution >= 0.6 is 0 Å². The van der Waals surface area contributed by atoms with Crippen molar-refractivity contribution in [2.24, 2.45) is 5.92 Å². The van der Waals surface area contributed by atoms with Crippen LogP contribution in [0.25, 0.3) is 16.6 Å². The summed E-state index contributed by atoms with van der Waals surface area (Å²) < 4.78 is 34.0. The zero-order chi connectivity index (χ0) is 32.4. The summed E-state index contributed by atoms with van der Waals surface area (Å²) in [5, 5.41) is 23.6. The molecular weight excluding hydrogens is 598 g/mol. The van der Waals surface area contributed by atoms with Crippen LogP contribution in [-0.2, 0) is 16.1 Å². The third kappa shape index (κ3) is 7.52. The quantitative estimate of drug-likeness (QED) is 0.195. The van der Waals surface area contributed by atoms with Gasteiger partial charge in [-0.25, -0.2) is 23.3 Å². The van der Waals surface area contributed by atoms with Crippen LogP contribution in [0.3, 0.4) is 0 Å². The number of nitrogens with zero attached hydrogens (tertiary/aromatic N) is 5. The lowest BCUT2D eigenvalue weighted by Crippen LogP contribution is -2.51. The highest BCUT2D eigenvalue weighted by Gasteiger charge is 2.46. The first kappa shape index (κ1) is 31.6. The molecule has 4 aromatic rings. The van der Waals surface area contributed by atoms with Crippen molar-refractivity contribution in [3.05, 3.63) is 72.2 Å². The van der Waals surface area contributed by atoms with E-state index < -0.39 is 31.0 Å². The fraction of sp³-hybridized carbons (Fsp3) is 0.438. The Hall–Kier alpha value is -4.40. The molecule has 4 aromatic heterocycles. The van der Waals surface area contributed by atoms with Gasteiger partial charge in [0.05, 0.1) is 17.7 Å². The molecule has 14 heteroatoms. The molecular formula is C32H36F2N8O4. The number of halogens is 2. The molecule has 2 amide bonds. The van der Waals surface area contributed by atoms with Crippen LogP contribution in [-0.4, -0.2) is 78.2 Å². The van der Waals surface area contributed by atoms with E-state index in [0.29, 0.717) is 36.6 Å². The minimum atomic E-state index is -2.93. The second-order valence-corrected chi connectivity index (χ2v) is 12.2. The average molecular weight is 635 g/mol. The van der Waals surface area contributed by atoms with E-state index in [1.807, 2.05) is 26.0 Å². The number of carbonyl (C=O) groups excluding carboxylic acids is 2. The summed E-state index contributed by atoms with van der Waals surface area (Å²) in [5.41, 5.74) is 3.70. The summed E-state index contributed by atoms with van der Waals surface area (Å²) in [7, 11) is 0. The molecule has 0 bridgehead atoms. The van der Waals surface area contributed by atoms with Crippen LogP contribution in [0.15, 0.2) is 55.1 Å². The third-order valence-corrected chi connectivity index (χ3v) is 8.37. The van der Waals surface area contributed by atoms with Gasteiger partial charge in [0.2, 0.25) is 5.91 Å². The molecule has 242 valence electrons. The number of carbonyl (C=O) groups is 2. The number of amides is 2. The van der Waals surface area contributed by atoms with Crippen molar-refractivity contribution < 1.29 is 28.2 Å². The molecule has 46 heavy (non-hydrogen) atoms. The van der Waals surface area contributed by atoms with E-state index in [1.54, 1.807) is 47.5 Å². The summed E-state index contributed by atoms with van der Waals surface area (Å²) >= 11 is 0. The molecule has 0 aromatic carbocycles. The Bertz CT molecular complexity index is 1710. The number of aliphatic hydroxyl groups is 1. The molecule has 2 fully saturated rings. The van der Waals surface area contributed by atoms with E-state index in [-0.39, 0.29) is 36.4 Å². The van der Waals surface area contributed by atoms with Crippen LogP contribution in [0.4, 0.5) is 14.6 Å².